The van der Waals surface area contributed by atoms with E-state index in [1.54, 1.807) is 0 Å². The van der Waals surface area contributed by atoms with E-state index in [1.165, 1.54) is 19.2 Å². The Bertz CT molecular complexity index is 491. The predicted molar refractivity (Wildman–Crippen MR) is 72.2 cm³/mol. The van der Waals surface area contributed by atoms with Crippen molar-refractivity contribution in [3.8, 4) is 5.75 Å². The monoisotopic (exact) mass is 305 g/mol. The molecule has 0 unspecified atom stereocenters. The molecule has 0 atom stereocenters. The lowest BCUT2D eigenvalue weighted by molar-refractivity contribution is -0.137. The van der Waals surface area contributed by atoms with Crippen LogP contribution in [0.1, 0.15) is 23.2 Å². The molecule has 0 aliphatic heterocycles. The molecule has 2 N–H and O–H groups in total. The van der Waals surface area contributed by atoms with Crippen molar-refractivity contribution in [1.82, 2.24) is 5.32 Å². The van der Waals surface area contributed by atoms with Gasteiger partial charge in [-0.05, 0) is 12.5 Å². The maximum absolute atomic E-state index is 11.9. The molecule has 0 radical (unpaired) electrons. The van der Waals surface area contributed by atoms with Crippen LogP contribution in [0, 0.1) is 0 Å². The van der Waals surface area contributed by atoms with Crippen molar-refractivity contribution in [2.45, 2.75) is 12.8 Å². The molecule has 19 heavy (non-hydrogen) atoms. The zero-order valence-electron chi connectivity index (χ0n) is 10.2. The van der Waals surface area contributed by atoms with Crippen LogP contribution in [-0.4, -0.2) is 30.6 Å². The van der Waals surface area contributed by atoms with Crippen LogP contribution >= 0.6 is 23.2 Å². The van der Waals surface area contributed by atoms with Crippen molar-refractivity contribution in [1.29, 1.82) is 0 Å². The van der Waals surface area contributed by atoms with E-state index < -0.39 is 5.97 Å². The fraction of sp³-hybridized carbons (Fsp3) is 0.333. The third-order valence-electron chi connectivity index (χ3n) is 2.34. The Labute approximate surface area is 120 Å². The number of hydrogen-bond acceptors (Lipinski definition) is 3. The lowest BCUT2D eigenvalue weighted by Gasteiger charge is -2.10. The summed E-state index contributed by atoms with van der Waals surface area (Å²) in [5.74, 6) is -0.979. The Morgan fingerprint density at radius 2 is 1.95 bits per heavy atom. The van der Waals surface area contributed by atoms with E-state index in [0.29, 0.717) is 17.2 Å². The molecule has 1 amide bonds. The van der Waals surface area contributed by atoms with E-state index in [4.69, 9.17) is 33.0 Å². The minimum Gasteiger partial charge on any atom is -0.496 e. The van der Waals surface area contributed by atoms with Gasteiger partial charge in [0.25, 0.3) is 5.91 Å². The van der Waals surface area contributed by atoms with Gasteiger partial charge in [-0.1, -0.05) is 23.2 Å². The lowest BCUT2D eigenvalue weighted by atomic mass is 10.2. The Morgan fingerprint density at radius 1 is 1.32 bits per heavy atom. The molecule has 0 saturated heterocycles. The summed E-state index contributed by atoms with van der Waals surface area (Å²) in [6, 6.07) is 2.87. The van der Waals surface area contributed by atoms with Gasteiger partial charge >= 0.3 is 5.97 Å². The summed E-state index contributed by atoms with van der Waals surface area (Å²) in [5, 5.41) is 11.6. The first-order chi connectivity index (χ1) is 8.95. The van der Waals surface area contributed by atoms with Crippen molar-refractivity contribution in [2.24, 2.45) is 0 Å². The third kappa shape index (κ3) is 4.61. The van der Waals surface area contributed by atoms with Crippen molar-refractivity contribution in [2.75, 3.05) is 13.7 Å². The average molecular weight is 306 g/mol. The fourth-order valence-electron chi connectivity index (χ4n) is 1.41. The molecule has 5 nitrogen and oxygen atoms in total. The first kappa shape index (κ1) is 15.6. The number of carboxylic acid groups (broad SMARTS) is 1. The number of aliphatic carboxylic acids is 1. The molecule has 1 rings (SSSR count). The SMILES string of the molecule is COc1cc(Cl)c(Cl)cc1C(=O)NCCCC(=O)O. The maximum Gasteiger partial charge on any atom is 0.303 e. The van der Waals surface area contributed by atoms with Gasteiger partial charge in [0.05, 0.1) is 22.7 Å². The number of carbonyl (C=O) groups excluding carboxylic acids is 1. The highest BCUT2D eigenvalue weighted by Gasteiger charge is 2.15. The molecule has 0 aromatic heterocycles. The van der Waals surface area contributed by atoms with Crippen LogP contribution in [0.4, 0.5) is 0 Å². The Kier molecular flexibility index (Phi) is 5.92. The normalized spacial score (nSPS) is 10.1. The summed E-state index contributed by atoms with van der Waals surface area (Å²) in [7, 11) is 1.42. The standard InChI is InChI=1S/C12H13Cl2NO4/c1-19-10-6-9(14)8(13)5-7(10)12(18)15-4-2-3-11(16)17/h5-6H,2-4H2,1H3,(H,15,18)(H,16,17). The van der Waals surface area contributed by atoms with Crippen LogP contribution in [0.15, 0.2) is 12.1 Å². The van der Waals surface area contributed by atoms with E-state index >= 15 is 0 Å². The Hall–Kier alpha value is -1.46. The third-order valence-corrected chi connectivity index (χ3v) is 3.06. The summed E-state index contributed by atoms with van der Waals surface area (Å²) in [5.41, 5.74) is 0.257. The maximum atomic E-state index is 11.9. The van der Waals surface area contributed by atoms with Gasteiger partial charge in [-0.2, -0.15) is 0 Å². The molecule has 0 fully saturated rings. The minimum atomic E-state index is -0.902. The van der Waals surface area contributed by atoms with E-state index in [2.05, 4.69) is 5.32 Å². The van der Waals surface area contributed by atoms with Crippen molar-refractivity contribution >= 4 is 35.1 Å². The molecule has 0 bridgehead atoms. The largest absolute Gasteiger partial charge is 0.496 e. The number of carboxylic acids is 1. The second-order valence-electron chi connectivity index (χ2n) is 3.72. The topological polar surface area (TPSA) is 75.6 Å². The quantitative estimate of drug-likeness (QED) is 0.792. The van der Waals surface area contributed by atoms with Gasteiger partial charge < -0.3 is 15.2 Å². The van der Waals surface area contributed by atoms with E-state index in [-0.39, 0.29) is 29.5 Å². The molecule has 1 aromatic carbocycles. The lowest BCUT2D eigenvalue weighted by Crippen LogP contribution is -2.25. The molecule has 0 aliphatic carbocycles. The molecule has 7 heteroatoms. The summed E-state index contributed by atoms with van der Waals surface area (Å²) in [4.78, 5) is 22.2. The fourth-order valence-corrected chi connectivity index (χ4v) is 1.73. The molecule has 104 valence electrons. The Balaban J connectivity index is 2.71. The zero-order chi connectivity index (χ0) is 14.4. The van der Waals surface area contributed by atoms with Crippen LogP contribution in [0.5, 0.6) is 5.75 Å². The number of hydrogen-bond donors (Lipinski definition) is 2. The van der Waals surface area contributed by atoms with Crippen LogP contribution in [-0.2, 0) is 4.79 Å². The zero-order valence-corrected chi connectivity index (χ0v) is 11.7. The summed E-state index contributed by atoms with van der Waals surface area (Å²) < 4.78 is 5.05. The van der Waals surface area contributed by atoms with E-state index in [1.807, 2.05) is 0 Å². The summed E-state index contributed by atoms with van der Waals surface area (Å²) in [6.45, 7) is 0.258. The van der Waals surface area contributed by atoms with Crippen LogP contribution < -0.4 is 10.1 Å². The van der Waals surface area contributed by atoms with Crippen molar-refractivity contribution in [3.63, 3.8) is 0 Å². The summed E-state index contributed by atoms with van der Waals surface area (Å²) in [6.07, 6.45) is 0.351. The first-order valence-corrected chi connectivity index (χ1v) is 6.24. The number of methoxy groups -OCH3 is 1. The number of benzene rings is 1. The molecular weight excluding hydrogens is 293 g/mol. The van der Waals surface area contributed by atoms with E-state index in [0.717, 1.165) is 0 Å². The number of carbonyl (C=O) groups is 2. The van der Waals surface area contributed by atoms with E-state index in [9.17, 15) is 9.59 Å². The molecular formula is C12H13Cl2NO4. The van der Waals surface area contributed by atoms with Gasteiger partial charge in [0.2, 0.25) is 0 Å². The van der Waals surface area contributed by atoms with Gasteiger partial charge in [0, 0.05) is 19.0 Å². The Morgan fingerprint density at radius 3 is 2.53 bits per heavy atom. The molecule has 1 aromatic rings. The predicted octanol–water partition coefficient (Wildman–Crippen LogP) is 2.60. The highest BCUT2D eigenvalue weighted by molar-refractivity contribution is 6.42. The second kappa shape index (κ2) is 7.21. The first-order valence-electron chi connectivity index (χ1n) is 5.48. The number of amides is 1. The van der Waals surface area contributed by atoms with Gasteiger partial charge in [0.1, 0.15) is 5.75 Å². The number of rotatable bonds is 6. The molecule has 0 aliphatic rings. The number of halogens is 2. The summed E-state index contributed by atoms with van der Waals surface area (Å²) >= 11 is 11.7. The van der Waals surface area contributed by atoms with Gasteiger partial charge in [-0.15, -0.1) is 0 Å². The molecule has 0 heterocycles. The van der Waals surface area contributed by atoms with Crippen molar-refractivity contribution < 1.29 is 19.4 Å². The van der Waals surface area contributed by atoms with Gasteiger partial charge in [-0.3, -0.25) is 9.59 Å². The average Bonchev–Trinajstić information content (AvgIpc) is 2.36. The second-order valence-corrected chi connectivity index (χ2v) is 4.53. The highest BCUT2D eigenvalue weighted by atomic mass is 35.5. The highest BCUT2D eigenvalue weighted by Crippen LogP contribution is 2.30. The number of nitrogens with one attached hydrogen (secondary N) is 1. The van der Waals surface area contributed by atoms with Crippen LogP contribution in [0.25, 0.3) is 0 Å². The van der Waals surface area contributed by atoms with Crippen LogP contribution in [0.2, 0.25) is 10.0 Å². The van der Waals surface area contributed by atoms with Crippen molar-refractivity contribution in [3.05, 3.63) is 27.7 Å². The van der Waals surface area contributed by atoms with Gasteiger partial charge in [-0.25, -0.2) is 0 Å². The minimum absolute atomic E-state index is 0.00120. The molecule has 0 spiro atoms. The number of ether oxygens (including phenoxy) is 1. The van der Waals surface area contributed by atoms with Crippen LogP contribution in [0.3, 0.4) is 0 Å². The molecule has 0 saturated carbocycles. The smallest absolute Gasteiger partial charge is 0.303 e. The van der Waals surface area contributed by atoms with Gasteiger partial charge in [0.15, 0.2) is 0 Å².